The molecule has 0 unspecified atom stereocenters. The minimum Gasteiger partial charge on any atom is -0.405 e. The normalized spacial score (nSPS) is 11.2. The smallest absolute Gasteiger partial charge is 0.405 e. The molecule has 0 saturated carbocycles. The van der Waals surface area contributed by atoms with E-state index in [9.17, 15) is 22.4 Å². The number of rotatable bonds is 3. The fourth-order valence-corrected chi connectivity index (χ4v) is 1.66. The van der Waals surface area contributed by atoms with Crippen molar-refractivity contribution in [1.82, 2.24) is 0 Å². The Kier molecular flexibility index (Phi) is 3.74. The summed E-state index contributed by atoms with van der Waals surface area (Å²) >= 11 is 0. The summed E-state index contributed by atoms with van der Waals surface area (Å²) < 4.78 is 54.1. The predicted octanol–water partition coefficient (Wildman–Crippen LogP) is 3.96. The molecule has 2 aromatic carbocycles. The largest absolute Gasteiger partial charge is 0.573 e. The molecule has 2 nitrogen and oxygen atoms in total. The Morgan fingerprint density at radius 2 is 1.45 bits per heavy atom. The Morgan fingerprint density at radius 1 is 0.900 bits per heavy atom. The van der Waals surface area contributed by atoms with Crippen LogP contribution in [0.5, 0.6) is 5.75 Å². The van der Waals surface area contributed by atoms with E-state index >= 15 is 0 Å². The highest BCUT2D eigenvalue weighted by molar-refractivity contribution is 6.10. The van der Waals surface area contributed by atoms with Crippen LogP contribution in [0.1, 0.15) is 15.9 Å². The molecule has 2 aromatic rings. The summed E-state index contributed by atoms with van der Waals surface area (Å²) in [6, 6.07) is 9.87. The van der Waals surface area contributed by atoms with Gasteiger partial charge in [0.15, 0.2) is 5.78 Å². The molecule has 0 amide bonds. The average Bonchev–Trinajstić information content (AvgIpc) is 2.37. The lowest BCUT2D eigenvalue weighted by molar-refractivity contribution is -0.274. The van der Waals surface area contributed by atoms with Crippen LogP contribution in [0.3, 0.4) is 0 Å². The standard InChI is InChI=1S/C14H8F4O2/c15-11-7-3-1-5-9(11)13(19)10-6-2-4-8-12(10)20-14(16,17)18/h1-8H. The van der Waals surface area contributed by atoms with Crippen LogP contribution in [0.4, 0.5) is 17.6 Å². The van der Waals surface area contributed by atoms with Crippen LogP contribution in [0, 0.1) is 5.82 Å². The number of ether oxygens (including phenoxy) is 1. The highest BCUT2D eigenvalue weighted by Gasteiger charge is 2.33. The highest BCUT2D eigenvalue weighted by Crippen LogP contribution is 2.28. The summed E-state index contributed by atoms with van der Waals surface area (Å²) in [7, 11) is 0. The van der Waals surface area contributed by atoms with Gasteiger partial charge >= 0.3 is 6.36 Å². The van der Waals surface area contributed by atoms with Crippen LogP contribution in [0.15, 0.2) is 48.5 Å². The molecule has 0 saturated heterocycles. The number of para-hydroxylation sites is 1. The molecular weight excluding hydrogens is 276 g/mol. The van der Waals surface area contributed by atoms with Gasteiger partial charge in [0, 0.05) is 0 Å². The summed E-state index contributed by atoms with van der Waals surface area (Å²) in [5, 5.41) is 0. The molecule has 0 atom stereocenters. The Bertz CT molecular complexity index is 635. The molecule has 0 aliphatic carbocycles. The van der Waals surface area contributed by atoms with Gasteiger partial charge in [-0.3, -0.25) is 4.79 Å². The van der Waals surface area contributed by atoms with E-state index in [1.807, 2.05) is 0 Å². The van der Waals surface area contributed by atoms with Gasteiger partial charge in [-0.2, -0.15) is 0 Å². The molecule has 104 valence electrons. The van der Waals surface area contributed by atoms with Crippen LogP contribution >= 0.6 is 0 Å². The first-order valence-electron chi connectivity index (χ1n) is 5.52. The summed E-state index contributed by atoms with van der Waals surface area (Å²) in [5.74, 6) is -2.34. The van der Waals surface area contributed by atoms with E-state index in [1.54, 1.807) is 0 Å². The van der Waals surface area contributed by atoms with Crippen molar-refractivity contribution in [1.29, 1.82) is 0 Å². The van der Waals surface area contributed by atoms with E-state index in [0.717, 1.165) is 18.2 Å². The summed E-state index contributed by atoms with van der Waals surface area (Å²) in [5.41, 5.74) is -0.666. The average molecular weight is 284 g/mol. The van der Waals surface area contributed by atoms with Crippen molar-refractivity contribution in [3.8, 4) is 5.75 Å². The van der Waals surface area contributed by atoms with Crippen molar-refractivity contribution in [3.05, 3.63) is 65.5 Å². The van der Waals surface area contributed by atoms with Gasteiger partial charge in [-0.05, 0) is 24.3 Å². The molecular formula is C14H8F4O2. The monoisotopic (exact) mass is 284 g/mol. The van der Waals surface area contributed by atoms with Crippen LogP contribution in [-0.2, 0) is 0 Å². The highest BCUT2D eigenvalue weighted by atomic mass is 19.4. The van der Waals surface area contributed by atoms with E-state index in [2.05, 4.69) is 4.74 Å². The van der Waals surface area contributed by atoms with E-state index < -0.39 is 23.7 Å². The van der Waals surface area contributed by atoms with Crippen molar-refractivity contribution in [2.45, 2.75) is 6.36 Å². The molecule has 0 aliphatic heterocycles. The summed E-state index contributed by atoms with van der Waals surface area (Å²) in [6.07, 6.45) is -4.92. The second-order valence-corrected chi connectivity index (χ2v) is 3.85. The zero-order valence-electron chi connectivity index (χ0n) is 9.95. The lowest BCUT2D eigenvalue weighted by Crippen LogP contribution is -2.19. The van der Waals surface area contributed by atoms with E-state index in [1.165, 1.54) is 30.3 Å². The molecule has 0 aliphatic rings. The first-order valence-corrected chi connectivity index (χ1v) is 5.52. The van der Waals surface area contributed by atoms with Gasteiger partial charge in [-0.1, -0.05) is 24.3 Å². The Balaban J connectivity index is 2.43. The van der Waals surface area contributed by atoms with Crippen molar-refractivity contribution in [2.75, 3.05) is 0 Å². The SMILES string of the molecule is O=C(c1ccccc1F)c1ccccc1OC(F)(F)F. The van der Waals surface area contributed by atoms with Gasteiger partial charge in [-0.25, -0.2) is 4.39 Å². The molecule has 0 radical (unpaired) electrons. The third-order valence-electron chi connectivity index (χ3n) is 2.48. The number of carbonyl (C=O) groups is 1. The van der Waals surface area contributed by atoms with Crippen LogP contribution < -0.4 is 4.74 Å². The maximum Gasteiger partial charge on any atom is 0.573 e. The Morgan fingerprint density at radius 3 is 2.05 bits per heavy atom. The Hall–Kier alpha value is -2.37. The molecule has 6 heteroatoms. The van der Waals surface area contributed by atoms with Crippen LogP contribution in [0.2, 0.25) is 0 Å². The molecule has 0 fully saturated rings. The second kappa shape index (κ2) is 5.32. The second-order valence-electron chi connectivity index (χ2n) is 3.85. The van der Waals surface area contributed by atoms with E-state index in [-0.39, 0.29) is 11.1 Å². The topological polar surface area (TPSA) is 26.3 Å². The number of ketones is 1. The number of carbonyl (C=O) groups excluding carboxylic acids is 1. The third-order valence-corrected chi connectivity index (χ3v) is 2.48. The van der Waals surface area contributed by atoms with E-state index in [0.29, 0.717) is 0 Å². The van der Waals surface area contributed by atoms with Crippen molar-refractivity contribution in [3.63, 3.8) is 0 Å². The minimum atomic E-state index is -4.92. The molecule has 20 heavy (non-hydrogen) atoms. The van der Waals surface area contributed by atoms with Gasteiger partial charge < -0.3 is 4.74 Å². The number of hydrogen-bond donors (Lipinski definition) is 0. The van der Waals surface area contributed by atoms with Crippen molar-refractivity contribution in [2.24, 2.45) is 0 Å². The van der Waals surface area contributed by atoms with E-state index in [4.69, 9.17) is 0 Å². The minimum absolute atomic E-state index is 0.314. The van der Waals surface area contributed by atoms with Gasteiger partial charge in [-0.15, -0.1) is 13.2 Å². The van der Waals surface area contributed by atoms with Crippen LogP contribution in [-0.4, -0.2) is 12.1 Å². The number of hydrogen-bond acceptors (Lipinski definition) is 2. The van der Waals surface area contributed by atoms with Crippen molar-refractivity contribution < 1.29 is 27.1 Å². The molecule has 0 bridgehead atoms. The Labute approximate surface area is 111 Å². The number of alkyl halides is 3. The first-order chi connectivity index (χ1) is 9.38. The van der Waals surface area contributed by atoms with Gasteiger partial charge in [0.1, 0.15) is 11.6 Å². The molecule has 0 aromatic heterocycles. The summed E-state index contributed by atoms with van der Waals surface area (Å²) in [4.78, 5) is 12.1. The lowest BCUT2D eigenvalue weighted by Gasteiger charge is -2.12. The van der Waals surface area contributed by atoms with Crippen molar-refractivity contribution >= 4 is 5.78 Å². The molecule has 2 rings (SSSR count). The number of halogens is 4. The maximum absolute atomic E-state index is 13.5. The zero-order valence-corrected chi connectivity index (χ0v) is 9.95. The zero-order chi connectivity index (χ0) is 14.8. The van der Waals surface area contributed by atoms with Gasteiger partial charge in [0.05, 0.1) is 11.1 Å². The lowest BCUT2D eigenvalue weighted by atomic mass is 10.0. The fraction of sp³-hybridized carbons (Fsp3) is 0.0714. The number of benzene rings is 2. The summed E-state index contributed by atoms with van der Waals surface area (Å²) in [6.45, 7) is 0. The third kappa shape index (κ3) is 3.14. The maximum atomic E-state index is 13.5. The van der Waals surface area contributed by atoms with Crippen LogP contribution in [0.25, 0.3) is 0 Å². The van der Waals surface area contributed by atoms with Gasteiger partial charge in [0.2, 0.25) is 0 Å². The molecule has 0 N–H and O–H groups in total. The first kappa shape index (κ1) is 14.0. The molecule has 0 spiro atoms. The predicted molar refractivity (Wildman–Crippen MR) is 63.0 cm³/mol. The quantitative estimate of drug-likeness (QED) is 0.630. The fourth-order valence-electron chi connectivity index (χ4n) is 1.66. The molecule has 0 heterocycles. The van der Waals surface area contributed by atoms with Gasteiger partial charge in [0.25, 0.3) is 0 Å².